The second-order valence-electron chi connectivity index (χ2n) is 2.91. The van der Waals surface area contributed by atoms with Gasteiger partial charge in [-0.1, -0.05) is 27.5 Å². The van der Waals surface area contributed by atoms with Crippen molar-refractivity contribution < 1.29 is 19.4 Å². The Morgan fingerprint density at radius 3 is 2.67 bits per heavy atom. The number of hydrogen-bond acceptors (Lipinski definition) is 2. The van der Waals surface area contributed by atoms with Crippen LogP contribution in [0, 0.1) is 5.82 Å². The Balaban J connectivity index is 3.00. The molecular formula is C9H7BrClFO3. The van der Waals surface area contributed by atoms with Gasteiger partial charge in [-0.05, 0) is 12.1 Å². The van der Waals surface area contributed by atoms with Crippen LogP contribution < -0.4 is 0 Å². The zero-order valence-corrected chi connectivity index (χ0v) is 9.72. The first kappa shape index (κ1) is 12.4. The number of halogens is 3. The molecule has 1 atom stereocenters. The van der Waals surface area contributed by atoms with Crippen LogP contribution in [0.25, 0.3) is 0 Å². The molecule has 0 aromatic heterocycles. The summed E-state index contributed by atoms with van der Waals surface area (Å²) in [7, 11) is 0. The van der Waals surface area contributed by atoms with Crippen LogP contribution in [-0.2, 0) is 11.2 Å². The maximum Gasteiger partial charge on any atom is 0.332 e. The van der Waals surface area contributed by atoms with Crippen molar-refractivity contribution in [1.29, 1.82) is 0 Å². The van der Waals surface area contributed by atoms with Crippen molar-refractivity contribution in [3.05, 3.63) is 33.0 Å². The van der Waals surface area contributed by atoms with E-state index >= 15 is 0 Å². The highest BCUT2D eigenvalue weighted by Gasteiger charge is 2.18. The van der Waals surface area contributed by atoms with Gasteiger partial charge in [-0.3, -0.25) is 0 Å². The van der Waals surface area contributed by atoms with Gasteiger partial charge in [0.1, 0.15) is 5.82 Å². The van der Waals surface area contributed by atoms with Gasteiger partial charge in [0.25, 0.3) is 0 Å². The molecule has 0 fully saturated rings. The maximum absolute atomic E-state index is 13.3. The monoisotopic (exact) mass is 296 g/mol. The molecule has 1 unspecified atom stereocenters. The molecule has 0 amide bonds. The summed E-state index contributed by atoms with van der Waals surface area (Å²) in [6.45, 7) is 0. The van der Waals surface area contributed by atoms with Crippen LogP contribution in [0.5, 0.6) is 0 Å². The second kappa shape index (κ2) is 4.92. The van der Waals surface area contributed by atoms with Crippen LogP contribution in [0.3, 0.4) is 0 Å². The Morgan fingerprint density at radius 2 is 2.20 bits per heavy atom. The smallest absolute Gasteiger partial charge is 0.332 e. The van der Waals surface area contributed by atoms with Crippen LogP contribution in [0.15, 0.2) is 16.6 Å². The van der Waals surface area contributed by atoms with Gasteiger partial charge in [0.15, 0.2) is 6.10 Å². The molecule has 0 heterocycles. The summed E-state index contributed by atoms with van der Waals surface area (Å²) in [5.41, 5.74) is 0.0919. The van der Waals surface area contributed by atoms with E-state index in [1.54, 1.807) is 0 Å². The van der Waals surface area contributed by atoms with Crippen LogP contribution in [0.4, 0.5) is 4.39 Å². The maximum atomic E-state index is 13.3. The van der Waals surface area contributed by atoms with Crippen molar-refractivity contribution in [2.75, 3.05) is 0 Å². The normalized spacial score (nSPS) is 12.5. The molecular weight excluding hydrogens is 290 g/mol. The molecule has 0 aliphatic heterocycles. The predicted octanol–water partition coefficient (Wildman–Crippen LogP) is 2.23. The van der Waals surface area contributed by atoms with Gasteiger partial charge in [-0.15, -0.1) is 0 Å². The number of benzene rings is 1. The number of aliphatic carboxylic acids is 1. The van der Waals surface area contributed by atoms with E-state index in [-0.39, 0.29) is 17.0 Å². The SMILES string of the molecule is O=C(O)C(O)Cc1c(F)cc(Cl)cc1Br. The average molecular weight is 298 g/mol. The molecule has 0 radical (unpaired) electrons. The Morgan fingerprint density at radius 1 is 1.60 bits per heavy atom. The van der Waals surface area contributed by atoms with Gasteiger partial charge >= 0.3 is 5.97 Å². The standard InChI is InChI=1S/C9H7BrClFO3/c10-6-1-4(11)2-7(12)5(6)3-8(13)9(14)15/h1-2,8,13H,3H2,(H,14,15). The minimum Gasteiger partial charge on any atom is -0.479 e. The molecule has 3 nitrogen and oxygen atoms in total. The molecule has 2 N–H and O–H groups in total. The summed E-state index contributed by atoms with van der Waals surface area (Å²) in [5.74, 6) is -2.04. The van der Waals surface area contributed by atoms with E-state index in [0.29, 0.717) is 4.47 Å². The van der Waals surface area contributed by atoms with Gasteiger partial charge < -0.3 is 10.2 Å². The van der Waals surface area contributed by atoms with Crippen molar-refractivity contribution in [1.82, 2.24) is 0 Å². The van der Waals surface area contributed by atoms with Gasteiger partial charge in [0.05, 0.1) is 0 Å². The molecule has 0 saturated carbocycles. The minimum absolute atomic E-state index is 0.0919. The molecule has 0 saturated heterocycles. The number of aliphatic hydroxyl groups is 1. The second-order valence-corrected chi connectivity index (χ2v) is 4.20. The first-order chi connectivity index (χ1) is 6.91. The fourth-order valence-electron chi connectivity index (χ4n) is 1.05. The molecule has 1 aromatic carbocycles. The molecule has 1 aromatic rings. The molecule has 1 rings (SSSR count). The Hall–Kier alpha value is -0.650. The van der Waals surface area contributed by atoms with Crippen LogP contribution in [0.1, 0.15) is 5.56 Å². The third-order valence-electron chi connectivity index (χ3n) is 1.79. The van der Waals surface area contributed by atoms with E-state index in [9.17, 15) is 9.18 Å². The number of carboxylic acids is 1. The molecule has 6 heteroatoms. The summed E-state index contributed by atoms with van der Waals surface area (Å²) in [4.78, 5) is 10.4. The fraction of sp³-hybridized carbons (Fsp3) is 0.222. The van der Waals surface area contributed by atoms with Crippen molar-refractivity contribution in [3.63, 3.8) is 0 Å². The summed E-state index contributed by atoms with van der Waals surface area (Å²) in [5, 5.41) is 17.7. The third kappa shape index (κ3) is 3.15. The van der Waals surface area contributed by atoms with Crippen molar-refractivity contribution >= 4 is 33.5 Å². The van der Waals surface area contributed by atoms with Crippen molar-refractivity contribution in [2.45, 2.75) is 12.5 Å². The fourth-order valence-corrected chi connectivity index (χ4v) is 1.98. The Labute approximate surface area is 98.6 Å². The number of carboxylic acid groups (broad SMARTS) is 1. The summed E-state index contributed by atoms with van der Waals surface area (Å²) in [6, 6.07) is 2.50. The van der Waals surface area contributed by atoms with E-state index in [1.165, 1.54) is 6.07 Å². The quantitative estimate of drug-likeness (QED) is 0.899. The lowest BCUT2D eigenvalue weighted by Gasteiger charge is -2.09. The highest BCUT2D eigenvalue weighted by atomic mass is 79.9. The molecule has 15 heavy (non-hydrogen) atoms. The number of rotatable bonds is 3. The Bertz CT molecular complexity index is 374. The van der Waals surface area contributed by atoms with Crippen LogP contribution in [0.2, 0.25) is 5.02 Å². The van der Waals surface area contributed by atoms with Crippen molar-refractivity contribution in [2.24, 2.45) is 0 Å². The highest BCUT2D eigenvalue weighted by Crippen LogP contribution is 2.25. The van der Waals surface area contributed by atoms with Crippen LogP contribution in [-0.4, -0.2) is 22.3 Å². The lowest BCUT2D eigenvalue weighted by molar-refractivity contribution is -0.146. The van der Waals surface area contributed by atoms with E-state index in [2.05, 4.69) is 15.9 Å². The largest absolute Gasteiger partial charge is 0.479 e. The van der Waals surface area contributed by atoms with E-state index in [0.717, 1.165) is 6.07 Å². The third-order valence-corrected chi connectivity index (χ3v) is 2.71. The van der Waals surface area contributed by atoms with Gasteiger partial charge in [0, 0.05) is 21.5 Å². The number of carbonyl (C=O) groups is 1. The topological polar surface area (TPSA) is 57.5 Å². The zero-order chi connectivity index (χ0) is 11.6. The molecule has 82 valence electrons. The highest BCUT2D eigenvalue weighted by molar-refractivity contribution is 9.10. The summed E-state index contributed by atoms with van der Waals surface area (Å²) < 4.78 is 13.7. The lowest BCUT2D eigenvalue weighted by atomic mass is 10.1. The summed E-state index contributed by atoms with van der Waals surface area (Å²) in [6.07, 6.45) is -1.93. The molecule has 0 aliphatic carbocycles. The molecule has 0 aliphatic rings. The molecule has 0 bridgehead atoms. The van der Waals surface area contributed by atoms with Gasteiger partial charge in [-0.2, -0.15) is 0 Å². The predicted molar refractivity (Wildman–Crippen MR) is 56.5 cm³/mol. The summed E-state index contributed by atoms with van der Waals surface area (Å²) >= 11 is 8.62. The van der Waals surface area contributed by atoms with E-state index in [1.807, 2.05) is 0 Å². The Kier molecular flexibility index (Phi) is 4.07. The van der Waals surface area contributed by atoms with E-state index in [4.69, 9.17) is 21.8 Å². The number of aliphatic hydroxyl groups excluding tert-OH is 1. The van der Waals surface area contributed by atoms with E-state index < -0.39 is 17.9 Å². The molecule has 0 spiro atoms. The van der Waals surface area contributed by atoms with Crippen LogP contribution >= 0.6 is 27.5 Å². The number of hydrogen-bond donors (Lipinski definition) is 2. The van der Waals surface area contributed by atoms with Gasteiger partial charge in [-0.25, -0.2) is 9.18 Å². The minimum atomic E-state index is -1.63. The first-order valence-corrected chi connectivity index (χ1v) is 5.13. The first-order valence-electron chi connectivity index (χ1n) is 3.96. The lowest BCUT2D eigenvalue weighted by Crippen LogP contribution is -2.22. The zero-order valence-electron chi connectivity index (χ0n) is 7.38. The van der Waals surface area contributed by atoms with Gasteiger partial charge in [0.2, 0.25) is 0 Å². The average Bonchev–Trinajstić information content (AvgIpc) is 2.10. The van der Waals surface area contributed by atoms with Crippen molar-refractivity contribution in [3.8, 4) is 0 Å².